The van der Waals surface area contributed by atoms with Crippen molar-refractivity contribution in [2.75, 3.05) is 19.8 Å². The minimum atomic E-state index is 0.190. The molecule has 1 N–H and O–H groups in total. The van der Waals surface area contributed by atoms with E-state index >= 15 is 0 Å². The number of hydrogen-bond acceptors (Lipinski definition) is 3. The first kappa shape index (κ1) is 11.1. The molecule has 3 heteroatoms. The summed E-state index contributed by atoms with van der Waals surface area (Å²) in [5, 5.41) is 3.47. The Labute approximate surface area is 91.6 Å². The van der Waals surface area contributed by atoms with Crippen LogP contribution < -0.4 is 5.32 Å². The maximum absolute atomic E-state index is 11.9. The Bertz CT molecular complexity index is 204. The fourth-order valence-electron chi connectivity index (χ4n) is 2.47. The van der Waals surface area contributed by atoms with E-state index in [2.05, 4.69) is 5.32 Å². The second kappa shape index (κ2) is 5.61. The van der Waals surface area contributed by atoms with E-state index in [4.69, 9.17) is 4.74 Å². The van der Waals surface area contributed by atoms with Gasteiger partial charge in [0.2, 0.25) is 0 Å². The van der Waals surface area contributed by atoms with Crippen LogP contribution >= 0.6 is 0 Å². The molecule has 2 unspecified atom stereocenters. The highest BCUT2D eigenvalue weighted by Gasteiger charge is 2.25. The number of rotatable bonds is 3. The summed E-state index contributed by atoms with van der Waals surface area (Å²) in [5.74, 6) is 0.599. The maximum atomic E-state index is 11.9. The van der Waals surface area contributed by atoms with E-state index in [-0.39, 0.29) is 5.92 Å². The SMILES string of the molecule is O=C(CC1CCCCCN1)C1CCOC1. The van der Waals surface area contributed by atoms with Crippen molar-refractivity contribution in [1.82, 2.24) is 5.32 Å². The van der Waals surface area contributed by atoms with Crippen molar-refractivity contribution in [3.8, 4) is 0 Å². The predicted molar refractivity (Wildman–Crippen MR) is 58.8 cm³/mol. The van der Waals surface area contributed by atoms with Gasteiger partial charge in [-0.3, -0.25) is 4.79 Å². The highest BCUT2D eigenvalue weighted by molar-refractivity contribution is 5.81. The molecule has 2 heterocycles. The monoisotopic (exact) mass is 211 g/mol. The number of carbonyl (C=O) groups is 1. The lowest BCUT2D eigenvalue weighted by atomic mass is 9.96. The third kappa shape index (κ3) is 3.28. The first-order valence-electron chi connectivity index (χ1n) is 6.20. The molecular weight excluding hydrogens is 190 g/mol. The minimum absolute atomic E-state index is 0.190. The third-order valence-corrected chi connectivity index (χ3v) is 3.49. The van der Waals surface area contributed by atoms with Crippen LogP contribution in [0.25, 0.3) is 0 Å². The van der Waals surface area contributed by atoms with E-state index in [0.717, 1.165) is 19.6 Å². The molecule has 2 aliphatic rings. The molecule has 0 aromatic heterocycles. The van der Waals surface area contributed by atoms with Gasteiger partial charge in [0.1, 0.15) is 5.78 Å². The highest BCUT2D eigenvalue weighted by atomic mass is 16.5. The number of Topliss-reactive ketones (excluding diaryl/α,β-unsaturated/α-hetero) is 1. The number of carbonyl (C=O) groups excluding carboxylic acids is 1. The molecule has 0 bridgehead atoms. The zero-order valence-corrected chi connectivity index (χ0v) is 9.34. The molecule has 15 heavy (non-hydrogen) atoms. The normalized spacial score (nSPS) is 32.5. The van der Waals surface area contributed by atoms with Gasteiger partial charge in [-0.25, -0.2) is 0 Å². The zero-order valence-electron chi connectivity index (χ0n) is 9.34. The van der Waals surface area contributed by atoms with Crippen LogP contribution in [0.2, 0.25) is 0 Å². The Morgan fingerprint density at radius 2 is 2.20 bits per heavy atom. The summed E-state index contributed by atoms with van der Waals surface area (Å²) in [6, 6.07) is 0.431. The Hall–Kier alpha value is -0.410. The van der Waals surface area contributed by atoms with Crippen LogP contribution in [0.3, 0.4) is 0 Å². The van der Waals surface area contributed by atoms with Gasteiger partial charge in [-0.05, 0) is 25.8 Å². The summed E-state index contributed by atoms with van der Waals surface area (Å²) in [6.07, 6.45) is 6.66. The van der Waals surface area contributed by atoms with E-state index < -0.39 is 0 Å². The molecule has 0 aliphatic carbocycles. The van der Waals surface area contributed by atoms with Crippen molar-refractivity contribution in [3.63, 3.8) is 0 Å². The van der Waals surface area contributed by atoms with Crippen LogP contribution in [0.4, 0.5) is 0 Å². The quantitative estimate of drug-likeness (QED) is 0.769. The molecule has 2 atom stereocenters. The van der Waals surface area contributed by atoms with Crippen molar-refractivity contribution in [2.24, 2.45) is 5.92 Å². The van der Waals surface area contributed by atoms with Crippen LogP contribution in [0.1, 0.15) is 38.5 Å². The Balaban J connectivity index is 1.76. The molecule has 0 saturated carbocycles. The van der Waals surface area contributed by atoms with Crippen LogP contribution in [-0.2, 0) is 9.53 Å². The van der Waals surface area contributed by atoms with Gasteiger partial charge in [0.05, 0.1) is 6.61 Å². The van der Waals surface area contributed by atoms with Crippen LogP contribution in [0.15, 0.2) is 0 Å². The van der Waals surface area contributed by atoms with Crippen LogP contribution in [-0.4, -0.2) is 31.6 Å². The van der Waals surface area contributed by atoms with Gasteiger partial charge in [0.15, 0.2) is 0 Å². The fourth-order valence-corrected chi connectivity index (χ4v) is 2.47. The Kier molecular flexibility index (Phi) is 4.15. The molecule has 2 rings (SSSR count). The van der Waals surface area contributed by atoms with Crippen molar-refractivity contribution >= 4 is 5.78 Å². The smallest absolute Gasteiger partial charge is 0.139 e. The first-order chi connectivity index (χ1) is 7.36. The van der Waals surface area contributed by atoms with Gasteiger partial charge in [0, 0.05) is 25.0 Å². The first-order valence-corrected chi connectivity index (χ1v) is 6.20. The average Bonchev–Trinajstić information content (AvgIpc) is 2.65. The van der Waals surface area contributed by atoms with Gasteiger partial charge in [-0.2, -0.15) is 0 Å². The number of ether oxygens (including phenoxy) is 1. The van der Waals surface area contributed by atoms with Crippen molar-refractivity contribution in [2.45, 2.75) is 44.6 Å². The third-order valence-electron chi connectivity index (χ3n) is 3.49. The van der Waals surface area contributed by atoms with Crippen molar-refractivity contribution in [3.05, 3.63) is 0 Å². The van der Waals surface area contributed by atoms with Crippen molar-refractivity contribution in [1.29, 1.82) is 0 Å². The second-order valence-corrected chi connectivity index (χ2v) is 4.73. The van der Waals surface area contributed by atoms with Gasteiger partial charge in [-0.1, -0.05) is 12.8 Å². The number of hydrogen-bond donors (Lipinski definition) is 1. The molecule has 86 valence electrons. The summed E-state index contributed by atoms with van der Waals surface area (Å²) >= 11 is 0. The average molecular weight is 211 g/mol. The molecule has 0 aromatic carbocycles. The lowest BCUT2D eigenvalue weighted by molar-refractivity contribution is -0.123. The molecule has 0 spiro atoms. The van der Waals surface area contributed by atoms with E-state index in [1.807, 2.05) is 0 Å². The molecule has 2 aliphatic heterocycles. The number of ketones is 1. The van der Waals surface area contributed by atoms with Crippen molar-refractivity contribution < 1.29 is 9.53 Å². The van der Waals surface area contributed by atoms with Gasteiger partial charge in [-0.15, -0.1) is 0 Å². The molecule has 0 aromatic rings. The van der Waals surface area contributed by atoms with E-state index in [1.54, 1.807) is 0 Å². The summed E-state index contributed by atoms with van der Waals surface area (Å²) in [4.78, 5) is 11.9. The Morgan fingerprint density at radius 1 is 1.27 bits per heavy atom. The largest absolute Gasteiger partial charge is 0.381 e. The fraction of sp³-hybridized carbons (Fsp3) is 0.917. The summed E-state index contributed by atoms with van der Waals surface area (Å²) < 4.78 is 5.25. The molecular formula is C12H21NO2. The second-order valence-electron chi connectivity index (χ2n) is 4.73. The summed E-state index contributed by atoms with van der Waals surface area (Å²) in [7, 11) is 0. The lowest BCUT2D eigenvalue weighted by Gasteiger charge is -2.16. The minimum Gasteiger partial charge on any atom is -0.381 e. The van der Waals surface area contributed by atoms with Gasteiger partial charge >= 0.3 is 0 Å². The molecule has 2 saturated heterocycles. The van der Waals surface area contributed by atoms with E-state index in [1.165, 1.54) is 25.7 Å². The van der Waals surface area contributed by atoms with Gasteiger partial charge < -0.3 is 10.1 Å². The van der Waals surface area contributed by atoms with E-state index in [0.29, 0.717) is 24.9 Å². The molecule has 2 fully saturated rings. The zero-order chi connectivity index (χ0) is 10.5. The van der Waals surface area contributed by atoms with Crippen LogP contribution in [0.5, 0.6) is 0 Å². The predicted octanol–water partition coefficient (Wildman–Crippen LogP) is 1.51. The Morgan fingerprint density at radius 3 is 3.00 bits per heavy atom. The van der Waals surface area contributed by atoms with E-state index in [9.17, 15) is 4.79 Å². The topological polar surface area (TPSA) is 38.3 Å². The number of nitrogens with one attached hydrogen (secondary N) is 1. The lowest BCUT2D eigenvalue weighted by Crippen LogP contribution is -2.32. The standard InChI is InChI=1S/C12H21NO2/c14-12(10-5-7-15-9-10)8-11-4-2-1-3-6-13-11/h10-11,13H,1-9H2. The molecule has 3 nitrogen and oxygen atoms in total. The maximum Gasteiger partial charge on any atom is 0.139 e. The summed E-state index contributed by atoms with van der Waals surface area (Å²) in [6.45, 7) is 2.51. The highest BCUT2D eigenvalue weighted by Crippen LogP contribution is 2.18. The molecule has 0 amide bonds. The summed E-state index contributed by atoms with van der Waals surface area (Å²) in [5.41, 5.74) is 0. The van der Waals surface area contributed by atoms with Gasteiger partial charge in [0.25, 0.3) is 0 Å². The molecule has 0 radical (unpaired) electrons. The van der Waals surface area contributed by atoms with Crippen LogP contribution in [0, 0.1) is 5.92 Å².